The van der Waals surface area contributed by atoms with Crippen LogP contribution in [0.1, 0.15) is 25.2 Å². The molecule has 1 aliphatic rings. The highest BCUT2D eigenvalue weighted by Crippen LogP contribution is 2.20. The first-order chi connectivity index (χ1) is 11.7. The Morgan fingerprint density at radius 1 is 1.33 bits per heavy atom. The van der Waals surface area contributed by atoms with E-state index in [2.05, 4.69) is 20.8 Å². The Morgan fingerprint density at radius 2 is 2.08 bits per heavy atom. The Bertz CT molecular complexity index is 663. The second-order valence-corrected chi connectivity index (χ2v) is 5.83. The molecule has 24 heavy (non-hydrogen) atoms. The van der Waals surface area contributed by atoms with E-state index < -0.39 is 0 Å². The number of piperidine rings is 1. The van der Waals surface area contributed by atoms with Crippen molar-refractivity contribution >= 4 is 5.91 Å². The molecule has 0 radical (unpaired) electrons. The molecule has 1 aromatic heterocycles. The molecule has 1 fully saturated rings. The molecule has 2 heterocycles. The number of ether oxygens (including phenoxy) is 1. The molecule has 1 aromatic carbocycles. The van der Waals surface area contributed by atoms with Crippen molar-refractivity contribution in [1.29, 1.82) is 0 Å². The summed E-state index contributed by atoms with van der Waals surface area (Å²) in [7, 11) is 1.62. The van der Waals surface area contributed by atoms with E-state index in [1.807, 2.05) is 24.3 Å². The van der Waals surface area contributed by atoms with Gasteiger partial charge in [-0.1, -0.05) is 5.16 Å². The third-order valence-electron chi connectivity index (χ3n) is 4.09. The van der Waals surface area contributed by atoms with Gasteiger partial charge in [0.05, 0.1) is 7.11 Å². The van der Waals surface area contributed by atoms with Gasteiger partial charge in [-0.3, -0.25) is 4.79 Å². The predicted molar refractivity (Wildman–Crippen MR) is 88.6 cm³/mol. The van der Waals surface area contributed by atoms with E-state index in [0.717, 1.165) is 37.2 Å². The van der Waals surface area contributed by atoms with E-state index >= 15 is 0 Å². The highest BCUT2D eigenvalue weighted by molar-refractivity contribution is 5.76. The largest absolute Gasteiger partial charge is 0.497 e. The Labute approximate surface area is 140 Å². The van der Waals surface area contributed by atoms with Crippen LogP contribution >= 0.6 is 0 Å². The number of hydrogen-bond donors (Lipinski definition) is 2. The average Bonchev–Trinajstić information content (AvgIpc) is 3.10. The molecule has 3 rings (SSSR count). The summed E-state index contributed by atoms with van der Waals surface area (Å²) in [5.74, 6) is 1.80. The topological polar surface area (TPSA) is 89.3 Å². The fourth-order valence-electron chi connectivity index (χ4n) is 2.70. The number of nitrogens with one attached hydrogen (secondary N) is 2. The summed E-state index contributed by atoms with van der Waals surface area (Å²) < 4.78 is 10.4. The van der Waals surface area contributed by atoms with Gasteiger partial charge in [-0.25, -0.2) is 0 Å². The first kappa shape index (κ1) is 16.4. The van der Waals surface area contributed by atoms with Crippen LogP contribution in [0.4, 0.5) is 0 Å². The summed E-state index contributed by atoms with van der Waals surface area (Å²) in [5.41, 5.74) is 0.852. The van der Waals surface area contributed by atoms with Crippen LogP contribution in [0.2, 0.25) is 0 Å². The van der Waals surface area contributed by atoms with Crippen LogP contribution in [0.5, 0.6) is 5.75 Å². The molecule has 2 N–H and O–H groups in total. The fraction of sp³-hybridized carbons (Fsp3) is 0.471. The number of carbonyl (C=O) groups excluding carboxylic acids is 1. The zero-order chi connectivity index (χ0) is 16.8. The number of rotatable bonds is 6. The third-order valence-corrected chi connectivity index (χ3v) is 4.09. The van der Waals surface area contributed by atoms with Gasteiger partial charge in [0.25, 0.3) is 0 Å². The summed E-state index contributed by atoms with van der Waals surface area (Å²) in [6, 6.07) is 7.71. The molecule has 2 aromatic rings. The van der Waals surface area contributed by atoms with Crippen LogP contribution in [0.25, 0.3) is 11.4 Å². The van der Waals surface area contributed by atoms with Crippen molar-refractivity contribution in [3.05, 3.63) is 30.2 Å². The molecular formula is C17H22N4O3. The Morgan fingerprint density at radius 3 is 2.79 bits per heavy atom. The van der Waals surface area contributed by atoms with E-state index in [9.17, 15) is 4.79 Å². The Hall–Kier alpha value is -2.41. The van der Waals surface area contributed by atoms with Crippen molar-refractivity contribution in [2.75, 3.05) is 20.2 Å². The monoisotopic (exact) mass is 330 g/mol. The highest BCUT2D eigenvalue weighted by atomic mass is 16.5. The van der Waals surface area contributed by atoms with Gasteiger partial charge < -0.3 is 19.9 Å². The maximum Gasteiger partial charge on any atom is 0.227 e. The van der Waals surface area contributed by atoms with E-state index in [0.29, 0.717) is 24.6 Å². The summed E-state index contributed by atoms with van der Waals surface area (Å²) in [6.07, 6.45) is 2.76. The molecule has 0 spiro atoms. The Kier molecular flexibility index (Phi) is 5.43. The summed E-state index contributed by atoms with van der Waals surface area (Å²) in [6.45, 7) is 1.92. The normalized spacial score (nSPS) is 15.2. The zero-order valence-corrected chi connectivity index (χ0v) is 13.7. The molecule has 0 bridgehead atoms. The average molecular weight is 330 g/mol. The SMILES string of the molecule is COc1ccc(-c2noc(CCC(=O)NC3CCNCC3)n2)cc1. The minimum Gasteiger partial charge on any atom is -0.497 e. The maximum atomic E-state index is 12.0. The molecule has 1 amide bonds. The van der Waals surface area contributed by atoms with Gasteiger partial charge in [0.15, 0.2) is 0 Å². The first-order valence-corrected chi connectivity index (χ1v) is 8.21. The van der Waals surface area contributed by atoms with E-state index in [1.54, 1.807) is 7.11 Å². The van der Waals surface area contributed by atoms with Crippen molar-refractivity contribution < 1.29 is 14.1 Å². The summed E-state index contributed by atoms with van der Waals surface area (Å²) >= 11 is 0. The van der Waals surface area contributed by atoms with Crippen molar-refractivity contribution in [3.63, 3.8) is 0 Å². The fourth-order valence-corrected chi connectivity index (χ4v) is 2.70. The van der Waals surface area contributed by atoms with Gasteiger partial charge in [0.1, 0.15) is 5.75 Å². The van der Waals surface area contributed by atoms with E-state index in [4.69, 9.17) is 9.26 Å². The van der Waals surface area contributed by atoms with Crippen molar-refractivity contribution in [3.8, 4) is 17.1 Å². The predicted octanol–water partition coefficient (Wildman–Crippen LogP) is 1.55. The van der Waals surface area contributed by atoms with Crippen LogP contribution in [0.15, 0.2) is 28.8 Å². The second-order valence-electron chi connectivity index (χ2n) is 5.83. The summed E-state index contributed by atoms with van der Waals surface area (Å²) in [5, 5.41) is 10.3. The highest BCUT2D eigenvalue weighted by Gasteiger charge is 2.16. The maximum absolute atomic E-state index is 12.0. The quantitative estimate of drug-likeness (QED) is 0.835. The number of benzene rings is 1. The van der Waals surface area contributed by atoms with Gasteiger partial charge in [0, 0.05) is 24.4 Å². The van der Waals surface area contributed by atoms with Gasteiger partial charge in [-0.05, 0) is 50.2 Å². The molecular weight excluding hydrogens is 308 g/mol. The third kappa shape index (κ3) is 4.32. The van der Waals surface area contributed by atoms with Gasteiger partial charge in [0.2, 0.25) is 17.6 Å². The first-order valence-electron chi connectivity index (χ1n) is 8.21. The van der Waals surface area contributed by atoms with Crippen molar-refractivity contribution in [2.45, 2.75) is 31.7 Å². The smallest absolute Gasteiger partial charge is 0.227 e. The van der Waals surface area contributed by atoms with Gasteiger partial charge in [-0.15, -0.1) is 0 Å². The molecule has 0 saturated carbocycles. The molecule has 0 atom stereocenters. The van der Waals surface area contributed by atoms with Crippen LogP contribution in [-0.4, -0.2) is 42.3 Å². The minimum absolute atomic E-state index is 0.0334. The lowest BCUT2D eigenvalue weighted by Gasteiger charge is -2.23. The van der Waals surface area contributed by atoms with Crippen LogP contribution in [0, 0.1) is 0 Å². The summed E-state index contributed by atoms with van der Waals surface area (Å²) in [4.78, 5) is 16.3. The van der Waals surface area contributed by atoms with Gasteiger partial charge >= 0.3 is 0 Å². The lowest BCUT2D eigenvalue weighted by molar-refractivity contribution is -0.122. The number of methoxy groups -OCH3 is 1. The van der Waals surface area contributed by atoms with E-state index in [1.165, 1.54) is 0 Å². The van der Waals surface area contributed by atoms with Crippen LogP contribution in [0.3, 0.4) is 0 Å². The minimum atomic E-state index is 0.0334. The van der Waals surface area contributed by atoms with Gasteiger partial charge in [-0.2, -0.15) is 4.98 Å². The molecule has 0 unspecified atom stereocenters. The number of aryl methyl sites for hydroxylation is 1. The number of nitrogens with zero attached hydrogens (tertiary/aromatic N) is 2. The number of carbonyl (C=O) groups is 1. The second kappa shape index (κ2) is 7.92. The molecule has 7 heteroatoms. The number of hydrogen-bond acceptors (Lipinski definition) is 6. The molecule has 0 aliphatic carbocycles. The van der Waals surface area contributed by atoms with Crippen LogP contribution < -0.4 is 15.4 Å². The van der Waals surface area contributed by atoms with Crippen molar-refractivity contribution in [2.24, 2.45) is 0 Å². The molecule has 128 valence electrons. The molecule has 1 aliphatic heterocycles. The number of aromatic nitrogens is 2. The number of amides is 1. The standard InChI is InChI=1S/C17H22N4O3/c1-23-14-4-2-12(3-5-14)17-20-16(24-21-17)7-6-15(22)19-13-8-10-18-11-9-13/h2-5,13,18H,6-11H2,1H3,(H,19,22). The van der Waals surface area contributed by atoms with Crippen molar-refractivity contribution in [1.82, 2.24) is 20.8 Å². The lowest BCUT2D eigenvalue weighted by atomic mass is 10.1. The van der Waals surface area contributed by atoms with E-state index in [-0.39, 0.29) is 11.9 Å². The molecule has 1 saturated heterocycles. The Balaban J connectivity index is 1.50. The zero-order valence-electron chi connectivity index (χ0n) is 13.7. The van der Waals surface area contributed by atoms with Crippen LogP contribution in [-0.2, 0) is 11.2 Å². The lowest BCUT2D eigenvalue weighted by Crippen LogP contribution is -2.42. The molecule has 7 nitrogen and oxygen atoms in total.